The molecule has 0 aliphatic carbocycles. The van der Waals surface area contributed by atoms with E-state index in [4.69, 9.17) is 5.11 Å². The Bertz CT molecular complexity index is 335. The Morgan fingerprint density at radius 3 is 2.47 bits per heavy atom. The molecule has 0 atom stereocenters. The Balaban J connectivity index is 3.71. The number of aliphatic carboxylic acids is 1. The van der Waals surface area contributed by atoms with Crippen molar-refractivity contribution in [2.24, 2.45) is 0 Å². The van der Waals surface area contributed by atoms with Crippen molar-refractivity contribution in [3.05, 3.63) is 11.5 Å². The van der Waals surface area contributed by atoms with Crippen molar-refractivity contribution >= 4 is 16.0 Å². The van der Waals surface area contributed by atoms with Gasteiger partial charge in [0.2, 0.25) is 10.0 Å². The minimum atomic E-state index is -3.59. The van der Waals surface area contributed by atoms with Crippen LogP contribution in [0.5, 0.6) is 0 Å². The number of unbranched alkanes of at least 4 members (excludes halogenated alkanes) is 5. The van der Waals surface area contributed by atoms with Gasteiger partial charge in [-0.3, -0.25) is 4.79 Å². The van der Waals surface area contributed by atoms with E-state index in [0.717, 1.165) is 18.2 Å². The van der Waals surface area contributed by atoms with Gasteiger partial charge in [-0.25, -0.2) is 13.1 Å². The predicted octanol–water partition coefficient (Wildman–Crippen LogP) is 1.86. The fourth-order valence-corrected chi connectivity index (χ4v) is 2.08. The highest BCUT2D eigenvalue weighted by atomic mass is 32.2. The van der Waals surface area contributed by atoms with E-state index in [1.54, 1.807) is 6.08 Å². The van der Waals surface area contributed by atoms with E-state index < -0.39 is 22.5 Å². The first-order valence-corrected chi connectivity index (χ1v) is 7.40. The number of hydrogen-bond acceptors (Lipinski definition) is 3. The molecule has 0 saturated carbocycles. The Morgan fingerprint density at radius 1 is 1.24 bits per heavy atom. The second kappa shape index (κ2) is 9.18. The van der Waals surface area contributed by atoms with Crippen LogP contribution in [0.4, 0.5) is 0 Å². The molecule has 0 bridgehead atoms. The Labute approximate surface area is 103 Å². The second-order valence-electron chi connectivity index (χ2n) is 3.83. The zero-order valence-electron chi connectivity index (χ0n) is 10.2. The summed E-state index contributed by atoms with van der Waals surface area (Å²) in [6, 6.07) is 0. The smallest absolute Gasteiger partial charge is 0.318 e. The quantitative estimate of drug-likeness (QED) is 0.589. The highest BCUT2D eigenvalue weighted by molar-refractivity contribution is 7.92. The molecule has 6 heteroatoms. The van der Waals surface area contributed by atoms with Crippen LogP contribution in [0, 0.1) is 0 Å². The summed E-state index contributed by atoms with van der Waals surface area (Å²) in [5.41, 5.74) is 0. The minimum absolute atomic E-state index is 0.580. The number of rotatable bonds is 10. The first-order valence-electron chi connectivity index (χ1n) is 5.86. The van der Waals surface area contributed by atoms with Gasteiger partial charge in [-0.2, -0.15) is 0 Å². The van der Waals surface area contributed by atoms with E-state index in [0.29, 0.717) is 6.42 Å². The maximum Gasteiger partial charge on any atom is 0.318 e. The molecule has 0 aromatic carbocycles. The van der Waals surface area contributed by atoms with Crippen molar-refractivity contribution in [3.63, 3.8) is 0 Å². The molecular weight excluding hydrogens is 242 g/mol. The van der Waals surface area contributed by atoms with Gasteiger partial charge in [-0.1, -0.05) is 38.7 Å². The van der Waals surface area contributed by atoms with E-state index >= 15 is 0 Å². The van der Waals surface area contributed by atoms with Crippen LogP contribution in [0.1, 0.15) is 45.4 Å². The van der Waals surface area contributed by atoms with E-state index in [9.17, 15) is 13.2 Å². The average Bonchev–Trinajstić information content (AvgIpc) is 2.25. The first kappa shape index (κ1) is 16.1. The van der Waals surface area contributed by atoms with Gasteiger partial charge in [0, 0.05) is 5.41 Å². The lowest BCUT2D eigenvalue weighted by Gasteiger charge is -1.98. The summed E-state index contributed by atoms with van der Waals surface area (Å²) in [4.78, 5) is 10.2. The standard InChI is InChI=1S/C11H21NO4S/c1-2-3-4-5-6-7-8-9-17(15,16)12-10-11(13)14/h8-9,12H,2-7,10H2,1H3,(H,13,14)/b9-8+. The summed E-state index contributed by atoms with van der Waals surface area (Å²) in [6.07, 6.45) is 7.90. The van der Waals surface area contributed by atoms with E-state index in [1.165, 1.54) is 19.3 Å². The molecule has 0 aliphatic rings. The van der Waals surface area contributed by atoms with Crippen LogP contribution in [0.25, 0.3) is 0 Å². The highest BCUT2D eigenvalue weighted by Crippen LogP contribution is 2.05. The zero-order chi connectivity index (χ0) is 13.1. The van der Waals surface area contributed by atoms with Gasteiger partial charge in [-0.15, -0.1) is 0 Å². The van der Waals surface area contributed by atoms with Crippen LogP contribution in [0.3, 0.4) is 0 Å². The van der Waals surface area contributed by atoms with Crippen molar-refractivity contribution < 1.29 is 18.3 Å². The van der Waals surface area contributed by atoms with Gasteiger partial charge in [-0.05, 0) is 12.8 Å². The number of carbonyl (C=O) groups is 1. The summed E-state index contributed by atoms with van der Waals surface area (Å²) in [7, 11) is -3.59. The molecule has 0 fully saturated rings. The number of allylic oxidation sites excluding steroid dienone is 1. The average molecular weight is 263 g/mol. The number of carboxylic acids is 1. The predicted molar refractivity (Wildman–Crippen MR) is 67.1 cm³/mol. The third-order valence-corrected chi connectivity index (χ3v) is 3.27. The Morgan fingerprint density at radius 2 is 1.88 bits per heavy atom. The van der Waals surface area contributed by atoms with Gasteiger partial charge in [0.15, 0.2) is 0 Å². The highest BCUT2D eigenvalue weighted by Gasteiger charge is 2.06. The summed E-state index contributed by atoms with van der Waals surface area (Å²) >= 11 is 0. The molecule has 0 aromatic rings. The topological polar surface area (TPSA) is 83.5 Å². The Kier molecular flexibility index (Phi) is 8.71. The molecule has 2 N–H and O–H groups in total. The molecule has 5 nitrogen and oxygen atoms in total. The molecule has 0 aliphatic heterocycles. The van der Waals surface area contributed by atoms with Crippen LogP contribution in [-0.4, -0.2) is 26.0 Å². The molecule has 0 heterocycles. The summed E-state index contributed by atoms with van der Waals surface area (Å²) in [5.74, 6) is -1.19. The SMILES string of the molecule is CCCCCCC/C=C/S(=O)(=O)NCC(=O)O. The molecule has 0 aromatic heterocycles. The van der Waals surface area contributed by atoms with E-state index in [1.807, 2.05) is 4.72 Å². The fraction of sp³-hybridized carbons (Fsp3) is 0.727. The third kappa shape index (κ3) is 11.4. The first-order chi connectivity index (χ1) is 7.98. The number of nitrogens with one attached hydrogen (secondary N) is 1. The van der Waals surface area contributed by atoms with Crippen molar-refractivity contribution in [2.75, 3.05) is 6.54 Å². The molecular formula is C11H21NO4S. The maximum atomic E-state index is 11.2. The lowest BCUT2D eigenvalue weighted by atomic mass is 10.1. The monoisotopic (exact) mass is 263 g/mol. The van der Waals surface area contributed by atoms with Crippen LogP contribution >= 0.6 is 0 Å². The van der Waals surface area contributed by atoms with Crippen molar-refractivity contribution in [1.82, 2.24) is 4.72 Å². The van der Waals surface area contributed by atoms with Crippen molar-refractivity contribution in [2.45, 2.75) is 45.4 Å². The largest absolute Gasteiger partial charge is 0.480 e. The number of sulfonamides is 1. The molecule has 100 valence electrons. The third-order valence-electron chi connectivity index (χ3n) is 2.17. The van der Waals surface area contributed by atoms with Crippen LogP contribution in [-0.2, 0) is 14.8 Å². The van der Waals surface area contributed by atoms with Crippen molar-refractivity contribution in [1.29, 1.82) is 0 Å². The summed E-state index contributed by atoms with van der Waals surface area (Å²) in [6.45, 7) is 1.56. The van der Waals surface area contributed by atoms with Gasteiger partial charge in [0.1, 0.15) is 6.54 Å². The molecule has 0 spiro atoms. The molecule has 0 saturated heterocycles. The molecule has 17 heavy (non-hydrogen) atoms. The molecule has 0 rings (SSSR count). The molecule has 0 unspecified atom stereocenters. The lowest BCUT2D eigenvalue weighted by molar-refractivity contribution is -0.135. The minimum Gasteiger partial charge on any atom is -0.480 e. The zero-order valence-corrected chi connectivity index (χ0v) is 11.0. The maximum absolute atomic E-state index is 11.2. The van der Waals surface area contributed by atoms with E-state index in [-0.39, 0.29) is 0 Å². The summed E-state index contributed by atoms with van der Waals surface area (Å²) in [5, 5.41) is 9.36. The number of hydrogen-bond donors (Lipinski definition) is 2. The van der Waals surface area contributed by atoms with Gasteiger partial charge < -0.3 is 5.11 Å². The van der Waals surface area contributed by atoms with E-state index in [2.05, 4.69) is 6.92 Å². The van der Waals surface area contributed by atoms with Gasteiger partial charge >= 0.3 is 5.97 Å². The van der Waals surface area contributed by atoms with Crippen LogP contribution in [0.15, 0.2) is 11.5 Å². The van der Waals surface area contributed by atoms with Crippen molar-refractivity contribution in [3.8, 4) is 0 Å². The normalized spacial score (nSPS) is 12.1. The Hall–Kier alpha value is -0.880. The molecule has 0 amide bonds. The summed E-state index contributed by atoms with van der Waals surface area (Å²) < 4.78 is 24.4. The lowest BCUT2D eigenvalue weighted by Crippen LogP contribution is -2.27. The van der Waals surface area contributed by atoms with Gasteiger partial charge in [0.25, 0.3) is 0 Å². The van der Waals surface area contributed by atoms with Crippen LogP contribution < -0.4 is 4.72 Å². The number of carboxylic acid groups (broad SMARTS) is 1. The second-order valence-corrected chi connectivity index (χ2v) is 5.49. The molecule has 0 radical (unpaired) electrons. The van der Waals surface area contributed by atoms with Gasteiger partial charge in [0.05, 0.1) is 0 Å². The fourth-order valence-electron chi connectivity index (χ4n) is 1.27. The van der Waals surface area contributed by atoms with Crippen LogP contribution in [0.2, 0.25) is 0 Å².